The van der Waals surface area contributed by atoms with Crippen molar-refractivity contribution in [2.24, 2.45) is 15.7 Å². The Morgan fingerprint density at radius 3 is 2.62 bits per heavy atom. The van der Waals surface area contributed by atoms with Crippen molar-refractivity contribution >= 4 is 45.7 Å². The second kappa shape index (κ2) is 12.2. The van der Waals surface area contributed by atoms with Gasteiger partial charge in [-0.25, -0.2) is 9.98 Å². The van der Waals surface area contributed by atoms with Gasteiger partial charge < -0.3 is 26.2 Å². The number of unbranched alkanes of at least 4 members (excludes halogenated alkanes) is 1. The number of aliphatic hydroxyl groups excluding tert-OH is 1. The molecule has 0 aliphatic carbocycles. The van der Waals surface area contributed by atoms with Gasteiger partial charge in [-0.2, -0.15) is 4.99 Å². The first-order valence-electron chi connectivity index (χ1n) is 12.9. The van der Waals surface area contributed by atoms with Crippen LogP contribution in [0.15, 0.2) is 95.0 Å². The Morgan fingerprint density at radius 1 is 1.05 bits per heavy atom. The van der Waals surface area contributed by atoms with E-state index < -0.39 is 18.1 Å². The molecule has 1 atom stereocenters. The molecular formula is C30H29N7O3. The van der Waals surface area contributed by atoms with Crippen LogP contribution in [0.2, 0.25) is 0 Å². The molecule has 0 spiro atoms. The molecule has 10 nitrogen and oxygen atoms in total. The Labute approximate surface area is 231 Å². The first-order chi connectivity index (χ1) is 19.5. The minimum Gasteiger partial charge on any atom is -0.405 e. The summed E-state index contributed by atoms with van der Waals surface area (Å²) in [6.07, 6.45) is 1.79. The van der Waals surface area contributed by atoms with E-state index in [4.69, 9.17) is 21.0 Å². The summed E-state index contributed by atoms with van der Waals surface area (Å²) in [4.78, 5) is 26.4. The number of hydrogen-bond acceptors (Lipinski definition) is 8. The smallest absolute Gasteiger partial charge is 0.291 e. The van der Waals surface area contributed by atoms with Crippen molar-refractivity contribution in [3.05, 3.63) is 102 Å². The van der Waals surface area contributed by atoms with Crippen LogP contribution in [-0.4, -0.2) is 52.9 Å². The lowest BCUT2D eigenvalue weighted by Crippen LogP contribution is -2.29. The SMILES string of the molecule is N=C(OC(N)=NC1N=C(c2ccccc2)c2ccccc2NC1=O)c1ncc2ccccc2c1NCCCCO. The highest BCUT2D eigenvalue weighted by molar-refractivity contribution is 6.19. The number of anilines is 2. The second-order valence-electron chi connectivity index (χ2n) is 9.08. The number of aromatic nitrogens is 1. The second-order valence-corrected chi connectivity index (χ2v) is 9.08. The Bertz CT molecular complexity index is 1600. The van der Waals surface area contributed by atoms with Crippen LogP contribution < -0.4 is 16.4 Å². The number of nitrogens with two attached hydrogens (primary N) is 1. The Kier molecular flexibility index (Phi) is 8.07. The van der Waals surface area contributed by atoms with Gasteiger partial charge in [0.25, 0.3) is 11.9 Å². The van der Waals surface area contributed by atoms with E-state index in [9.17, 15) is 4.79 Å². The molecule has 1 unspecified atom stereocenters. The highest BCUT2D eigenvalue weighted by Gasteiger charge is 2.26. The number of nitrogens with zero attached hydrogens (tertiary/aromatic N) is 3. The molecule has 1 aliphatic heterocycles. The van der Waals surface area contributed by atoms with E-state index in [1.165, 1.54) is 0 Å². The number of benzene rings is 3. The maximum atomic E-state index is 13.1. The summed E-state index contributed by atoms with van der Waals surface area (Å²) in [5.41, 5.74) is 9.72. The fourth-order valence-electron chi connectivity index (χ4n) is 4.42. The number of aliphatic imine (C=N–C) groups is 2. The van der Waals surface area contributed by atoms with E-state index in [0.29, 0.717) is 30.1 Å². The zero-order valence-corrected chi connectivity index (χ0v) is 21.7. The number of carbonyl (C=O) groups is 1. The van der Waals surface area contributed by atoms with Gasteiger partial charge in [-0.1, -0.05) is 72.8 Å². The predicted octanol–water partition coefficient (Wildman–Crippen LogP) is 3.89. The van der Waals surface area contributed by atoms with E-state index in [1.54, 1.807) is 12.3 Å². The zero-order chi connectivity index (χ0) is 27.9. The number of nitrogens with one attached hydrogen (secondary N) is 3. The number of amides is 1. The average Bonchev–Trinajstić information content (AvgIpc) is 3.11. The minimum absolute atomic E-state index is 0.0997. The van der Waals surface area contributed by atoms with Crippen LogP contribution in [0.3, 0.4) is 0 Å². The maximum absolute atomic E-state index is 13.1. The van der Waals surface area contributed by atoms with Gasteiger partial charge in [0.15, 0.2) is 0 Å². The summed E-state index contributed by atoms with van der Waals surface area (Å²) < 4.78 is 5.58. The van der Waals surface area contributed by atoms with Crippen LogP contribution in [-0.2, 0) is 9.53 Å². The molecule has 0 radical (unpaired) electrons. The molecule has 0 bridgehead atoms. The molecule has 4 aromatic rings. The van der Waals surface area contributed by atoms with Crippen molar-refractivity contribution in [1.29, 1.82) is 5.41 Å². The van der Waals surface area contributed by atoms with Crippen LogP contribution in [0.25, 0.3) is 10.8 Å². The van der Waals surface area contributed by atoms with Crippen LogP contribution in [0.4, 0.5) is 11.4 Å². The summed E-state index contributed by atoms with van der Waals surface area (Å²) in [6, 6.07) is 24.1. The number of pyridine rings is 1. The summed E-state index contributed by atoms with van der Waals surface area (Å²) in [5, 5.41) is 25.7. The highest BCUT2D eigenvalue weighted by atomic mass is 16.5. The third kappa shape index (κ3) is 5.82. The number of benzodiazepines with no additional fused rings is 1. The van der Waals surface area contributed by atoms with Crippen molar-refractivity contribution in [2.75, 3.05) is 23.8 Å². The minimum atomic E-state index is -1.24. The monoisotopic (exact) mass is 535 g/mol. The van der Waals surface area contributed by atoms with Gasteiger partial charge in [0.1, 0.15) is 5.69 Å². The van der Waals surface area contributed by atoms with E-state index >= 15 is 0 Å². The molecule has 10 heteroatoms. The lowest BCUT2D eigenvalue weighted by atomic mass is 10.0. The fraction of sp³-hybridized carbons (Fsp3) is 0.167. The lowest BCUT2D eigenvalue weighted by Gasteiger charge is -2.15. The standard InChI is InChI=1S/C30H29N7O3/c31-27(26-25(33-16-8-9-17-38)21-13-5-4-12-20(21)18-34-26)40-30(32)37-28-29(39)35-23-15-7-6-14-22(23)24(36-28)19-10-2-1-3-11-19/h1-7,10-15,18,28,31,33,38H,8-9,16-17H2,(H2,32,37)(H,35,39). The van der Waals surface area contributed by atoms with Gasteiger partial charge in [0.2, 0.25) is 12.1 Å². The van der Waals surface area contributed by atoms with Crippen molar-refractivity contribution in [3.8, 4) is 0 Å². The molecule has 5 rings (SSSR count). The molecule has 1 aliphatic rings. The number of hydrogen-bond donors (Lipinski definition) is 5. The average molecular weight is 536 g/mol. The van der Waals surface area contributed by atoms with Gasteiger partial charge in [0.05, 0.1) is 17.1 Å². The number of ether oxygens (including phenoxy) is 1. The van der Waals surface area contributed by atoms with Crippen molar-refractivity contribution in [1.82, 2.24) is 4.98 Å². The number of fused-ring (bicyclic) bond motifs is 2. The third-order valence-corrected chi connectivity index (χ3v) is 6.33. The summed E-state index contributed by atoms with van der Waals surface area (Å²) in [6.45, 7) is 0.669. The summed E-state index contributed by atoms with van der Waals surface area (Å²) in [5.74, 6) is -0.812. The number of amidine groups is 1. The fourth-order valence-corrected chi connectivity index (χ4v) is 4.42. The molecule has 0 saturated heterocycles. The molecule has 0 fully saturated rings. The first-order valence-corrected chi connectivity index (χ1v) is 12.9. The molecule has 0 saturated carbocycles. The quantitative estimate of drug-likeness (QED) is 0.131. The highest BCUT2D eigenvalue weighted by Crippen LogP contribution is 2.27. The first kappa shape index (κ1) is 26.5. The molecule has 2 heterocycles. The molecule has 202 valence electrons. The maximum Gasteiger partial charge on any atom is 0.291 e. The number of para-hydroxylation sites is 1. The van der Waals surface area contributed by atoms with E-state index in [0.717, 1.165) is 28.3 Å². The van der Waals surface area contributed by atoms with Crippen LogP contribution in [0.5, 0.6) is 0 Å². The Hall–Kier alpha value is -5.09. The van der Waals surface area contributed by atoms with E-state index in [2.05, 4.69) is 25.6 Å². The Morgan fingerprint density at radius 2 is 1.80 bits per heavy atom. The molecule has 1 amide bonds. The van der Waals surface area contributed by atoms with Crippen molar-refractivity contribution in [2.45, 2.75) is 19.0 Å². The van der Waals surface area contributed by atoms with Gasteiger partial charge in [-0.15, -0.1) is 0 Å². The van der Waals surface area contributed by atoms with Crippen molar-refractivity contribution in [3.63, 3.8) is 0 Å². The molecular weight excluding hydrogens is 506 g/mol. The van der Waals surface area contributed by atoms with Crippen LogP contribution >= 0.6 is 0 Å². The topological polar surface area (TPSA) is 158 Å². The van der Waals surface area contributed by atoms with Crippen molar-refractivity contribution < 1.29 is 14.6 Å². The number of carbonyl (C=O) groups excluding carboxylic acids is 1. The number of aliphatic hydroxyl groups is 1. The molecule has 1 aromatic heterocycles. The van der Waals surface area contributed by atoms with Gasteiger partial charge >= 0.3 is 0 Å². The Balaban J connectivity index is 1.44. The molecule has 3 aromatic carbocycles. The van der Waals surface area contributed by atoms with Gasteiger partial charge in [-0.3, -0.25) is 10.2 Å². The van der Waals surface area contributed by atoms with Crippen LogP contribution in [0.1, 0.15) is 29.7 Å². The lowest BCUT2D eigenvalue weighted by molar-refractivity contribution is -0.117. The van der Waals surface area contributed by atoms with Crippen LogP contribution in [0, 0.1) is 5.41 Å². The molecule has 6 N–H and O–H groups in total. The predicted molar refractivity (Wildman–Crippen MR) is 157 cm³/mol. The van der Waals surface area contributed by atoms with E-state index in [1.807, 2.05) is 72.8 Å². The van der Waals surface area contributed by atoms with Gasteiger partial charge in [-0.05, 0) is 18.9 Å². The van der Waals surface area contributed by atoms with E-state index in [-0.39, 0.29) is 18.2 Å². The normalized spacial score (nSPS) is 15.0. The largest absolute Gasteiger partial charge is 0.405 e. The third-order valence-electron chi connectivity index (χ3n) is 6.33. The molecule has 40 heavy (non-hydrogen) atoms. The summed E-state index contributed by atoms with van der Waals surface area (Å²) >= 11 is 0. The summed E-state index contributed by atoms with van der Waals surface area (Å²) in [7, 11) is 0. The zero-order valence-electron chi connectivity index (χ0n) is 21.7. The number of rotatable bonds is 8. The van der Waals surface area contributed by atoms with Gasteiger partial charge in [0, 0.05) is 41.2 Å².